The third-order valence-electron chi connectivity index (χ3n) is 1.70. The molecule has 0 aliphatic rings. The molecule has 1 aromatic carbocycles. The Kier molecular flexibility index (Phi) is 3.61. The molecular weight excluding hydrogens is 263 g/mol. The minimum Gasteiger partial charge on any atom is -0.478 e. The van der Waals surface area contributed by atoms with Crippen LogP contribution in [-0.2, 0) is 10.0 Å². The van der Waals surface area contributed by atoms with E-state index in [4.69, 9.17) is 5.11 Å². The Morgan fingerprint density at radius 3 is 2.41 bits per heavy atom. The molecule has 0 fully saturated rings. The van der Waals surface area contributed by atoms with E-state index in [2.05, 4.69) is 0 Å². The minimum absolute atomic E-state index is 0.432. The summed E-state index contributed by atoms with van der Waals surface area (Å²) in [6.45, 7) is 0. The maximum Gasteiger partial charge on any atom is 0.355 e. The standard InChI is InChI=1S/C8H6F3NO4S/c9-5-2-1-4(7(13)14)3-6(5)12-17(15,16)8(10)11/h1-3,8,12H,(H,13,14). The summed E-state index contributed by atoms with van der Waals surface area (Å²) in [5.74, 6) is -6.34. The van der Waals surface area contributed by atoms with Crippen LogP contribution in [0.1, 0.15) is 10.4 Å². The molecular formula is C8H6F3NO4S. The first-order chi connectivity index (χ1) is 7.74. The molecule has 9 heteroatoms. The maximum absolute atomic E-state index is 13.1. The highest BCUT2D eigenvalue weighted by molar-refractivity contribution is 7.93. The van der Waals surface area contributed by atoms with Gasteiger partial charge in [0, 0.05) is 0 Å². The van der Waals surface area contributed by atoms with Crippen LogP contribution in [0.15, 0.2) is 18.2 Å². The summed E-state index contributed by atoms with van der Waals surface area (Å²) < 4.78 is 59.8. The SMILES string of the molecule is O=C(O)c1ccc(F)c(NS(=O)(=O)C(F)F)c1. The summed E-state index contributed by atoms with van der Waals surface area (Å²) in [6.07, 6.45) is 0. The highest BCUT2D eigenvalue weighted by Gasteiger charge is 2.25. The highest BCUT2D eigenvalue weighted by atomic mass is 32.2. The van der Waals surface area contributed by atoms with E-state index in [9.17, 15) is 26.4 Å². The second kappa shape index (κ2) is 4.62. The van der Waals surface area contributed by atoms with Crippen molar-refractivity contribution < 1.29 is 31.5 Å². The molecule has 0 atom stereocenters. The van der Waals surface area contributed by atoms with E-state index >= 15 is 0 Å². The number of hydrogen-bond donors (Lipinski definition) is 2. The van der Waals surface area contributed by atoms with Crippen molar-refractivity contribution in [1.82, 2.24) is 0 Å². The lowest BCUT2D eigenvalue weighted by molar-refractivity contribution is 0.0697. The summed E-state index contributed by atoms with van der Waals surface area (Å²) in [5.41, 5.74) is -1.27. The normalized spacial score (nSPS) is 11.5. The average Bonchev–Trinajstić information content (AvgIpc) is 2.20. The van der Waals surface area contributed by atoms with E-state index in [-0.39, 0.29) is 0 Å². The van der Waals surface area contributed by atoms with E-state index in [1.165, 1.54) is 4.72 Å². The largest absolute Gasteiger partial charge is 0.478 e. The van der Waals surface area contributed by atoms with Crippen LogP contribution >= 0.6 is 0 Å². The number of alkyl halides is 2. The van der Waals surface area contributed by atoms with Gasteiger partial charge in [0.25, 0.3) is 10.0 Å². The van der Waals surface area contributed by atoms with Crippen LogP contribution in [0, 0.1) is 5.82 Å². The molecule has 1 rings (SSSR count). The summed E-state index contributed by atoms with van der Waals surface area (Å²) in [5, 5.41) is 8.56. The van der Waals surface area contributed by atoms with Gasteiger partial charge in [-0.3, -0.25) is 4.72 Å². The zero-order chi connectivity index (χ0) is 13.2. The van der Waals surface area contributed by atoms with Crippen molar-refractivity contribution in [1.29, 1.82) is 0 Å². The van der Waals surface area contributed by atoms with Gasteiger partial charge in [-0.25, -0.2) is 17.6 Å². The number of sulfonamides is 1. The highest BCUT2D eigenvalue weighted by Crippen LogP contribution is 2.19. The summed E-state index contributed by atoms with van der Waals surface area (Å²) >= 11 is 0. The van der Waals surface area contributed by atoms with Gasteiger partial charge in [0.05, 0.1) is 11.3 Å². The van der Waals surface area contributed by atoms with Crippen LogP contribution in [0.5, 0.6) is 0 Å². The van der Waals surface area contributed by atoms with E-state index in [0.29, 0.717) is 12.1 Å². The second-order valence-corrected chi connectivity index (χ2v) is 4.56. The van der Waals surface area contributed by atoms with Gasteiger partial charge in [-0.15, -0.1) is 0 Å². The number of benzene rings is 1. The summed E-state index contributed by atoms with van der Waals surface area (Å²) in [4.78, 5) is 10.5. The van der Waals surface area contributed by atoms with Crippen molar-refractivity contribution >= 4 is 21.7 Å². The second-order valence-electron chi connectivity index (χ2n) is 2.91. The van der Waals surface area contributed by atoms with Crippen LogP contribution in [0.4, 0.5) is 18.9 Å². The molecule has 0 aromatic heterocycles. The molecule has 1 aromatic rings. The molecule has 0 radical (unpaired) electrons. The Labute approximate surface area is 93.9 Å². The Bertz CT molecular complexity index is 544. The zero-order valence-electron chi connectivity index (χ0n) is 8.02. The van der Waals surface area contributed by atoms with Crippen molar-refractivity contribution in [2.45, 2.75) is 5.76 Å². The molecule has 17 heavy (non-hydrogen) atoms. The van der Waals surface area contributed by atoms with Crippen LogP contribution in [0.25, 0.3) is 0 Å². The van der Waals surface area contributed by atoms with E-state index in [1.807, 2.05) is 0 Å². The first kappa shape index (κ1) is 13.3. The van der Waals surface area contributed by atoms with Crippen molar-refractivity contribution in [3.05, 3.63) is 29.6 Å². The monoisotopic (exact) mass is 269 g/mol. The third kappa shape index (κ3) is 3.09. The fourth-order valence-corrected chi connectivity index (χ4v) is 1.49. The van der Waals surface area contributed by atoms with Gasteiger partial charge in [0.15, 0.2) is 0 Å². The van der Waals surface area contributed by atoms with Gasteiger partial charge in [0.2, 0.25) is 0 Å². The fourth-order valence-electron chi connectivity index (χ4n) is 0.934. The van der Waals surface area contributed by atoms with Gasteiger partial charge < -0.3 is 5.11 Å². The lowest BCUT2D eigenvalue weighted by atomic mass is 10.2. The van der Waals surface area contributed by atoms with E-state index in [1.54, 1.807) is 0 Å². The average molecular weight is 269 g/mol. The first-order valence-electron chi connectivity index (χ1n) is 4.06. The number of hydrogen-bond acceptors (Lipinski definition) is 3. The molecule has 0 unspecified atom stereocenters. The molecule has 94 valence electrons. The van der Waals surface area contributed by atoms with Crippen molar-refractivity contribution in [3.8, 4) is 0 Å². The Morgan fingerprint density at radius 1 is 1.35 bits per heavy atom. The topological polar surface area (TPSA) is 83.5 Å². The number of rotatable bonds is 4. The minimum atomic E-state index is -5.03. The zero-order valence-corrected chi connectivity index (χ0v) is 8.84. The molecule has 0 heterocycles. The molecule has 0 saturated carbocycles. The number of halogens is 3. The Balaban J connectivity index is 3.15. The third-order valence-corrected chi connectivity index (χ3v) is 2.67. The molecule has 0 amide bonds. The van der Waals surface area contributed by atoms with Crippen molar-refractivity contribution in [2.75, 3.05) is 4.72 Å². The van der Waals surface area contributed by atoms with E-state index < -0.39 is 38.8 Å². The molecule has 0 aliphatic heterocycles. The quantitative estimate of drug-likeness (QED) is 0.867. The van der Waals surface area contributed by atoms with Gasteiger partial charge in [-0.05, 0) is 18.2 Å². The number of aromatic carboxylic acids is 1. The van der Waals surface area contributed by atoms with Crippen molar-refractivity contribution in [2.24, 2.45) is 0 Å². The van der Waals surface area contributed by atoms with Crippen LogP contribution < -0.4 is 4.72 Å². The summed E-state index contributed by atoms with van der Waals surface area (Å²) in [6, 6.07) is 2.14. The molecule has 0 aliphatic carbocycles. The molecule has 0 spiro atoms. The molecule has 0 bridgehead atoms. The van der Waals surface area contributed by atoms with Crippen LogP contribution in [-0.4, -0.2) is 25.3 Å². The smallest absolute Gasteiger partial charge is 0.355 e. The number of nitrogens with one attached hydrogen (secondary N) is 1. The van der Waals surface area contributed by atoms with E-state index in [0.717, 1.165) is 6.07 Å². The lowest BCUT2D eigenvalue weighted by Crippen LogP contribution is -2.21. The lowest BCUT2D eigenvalue weighted by Gasteiger charge is -2.08. The molecule has 2 N–H and O–H groups in total. The summed E-state index contributed by atoms with van der Waals surface area (Å²) in [7, 11) is -5.03. The fraction of sp³-hybridized carbons (Fsp3) is 0.125. The predicted octanol–water partition coefficient (Wildman–Crippen LogP) is 1.49. The number of carboxylic acids is 1. The van der Waals surface area contributed by atoms with Gasteiger partial charge in [0.1, 0.15) is 5.82 Å². The number of carboxylic acid groups (broad SMARTS) is 1. The molecule has 0 saturated heterocycles. The van der Waals surface area contributed by atoms with Crippen LogP contribution in [0.3, 0.4) is 0 Å². The van der Waals surface area contributed by atoms with Crippen molar-refractivity contribution in [3.63, 3.8) is 0 Å². The maximum atomic E-state index is 13.1. The Hall–Kier alpha value is -1.77. The van der Waals surface area contributed by atoms with Gasteiger partial charge in [-0.2, -0.15) is 8.78 Å². The number of anilines is 1. The van der Waals surface area contributed by atoms with Crippen LogP contribution in [0.2, 0.25) is 0 Å². The Morgan fingerprint density at radius 2 is 1.94 bits per heavy atom. The first-order valence-corrected chi connectivity index (χ1v) is 5.61. The van der Waals surface area contributed by atoms with Gasteiger partial charge >= 0.3 is 11.7 Å². The molecule has 5 nitrogen and oxygen atoms in total. The number of carbonyl (C=O) groups is 1. The van der Waals surface area contributed by atoms with Gasteiger partial charge in [-0.1, -0.05) is 0 Å². The predicted molar refractivity (Wildman–Crippen MR) is 51.9 cm³/mol.